The summed E-state index contributed by atoms with van der Waals surface area (Å²) in [5, 5.41) is 0. The Morgan fingerprint density at radius 3 is 2.89 bits per heavy atom. The minimum absolute atomic E-state index is 0.188. The van der Waals surface area contributed by atoms with Crippen LogP contribution in [-0.4, -0.2) is 5.78 Å². The van der Waals surface area contributed by atoms with Gasteiger partial charge in [-0.05, 0) is 18.4 Å². The molecule has 1 aromatic carbocycles. The second-order valence-electron chi connectivity index (χ2n) is 5.04. The highest BCUT2D eigenvalue weighted by Gasteiger charge is 2.63. The van der Waals surface area contributed by atoms with E-state index in [1.807, 2.05) is 42.5 Å². The van der Waals surface area contributed by atoms with Gasteiger partial charge in [0.15, 0.2) is 5.78 Å². The number of hydrogen-bond acceptors (Lipinski definition) is 2. The molecule has 2 aliphatic carbocycles. The van der Waals surface area contributed by atoms with Crippen LogP contribution in [0.25, 0.3) is 5.76 Å². The van der Waals surface area contributed by atoms with E-state index in [0.29, 0.717) is 11.7 Å². The Bertz CT molecular complexity index is 622. The standard InChI is InChI=1S/C16H12O2/c17-14-9-13(11-5-2-1-3-6-11)18-15-8-4-7-12-10-16(12,14)15/h1-9,12H,10H2. The molecule has 4 rings (SSSR count). The van der Waals surface area contributed by atoms with Crippen molar-refractivity contribution in [3.63, 3.8) is 0 Å². The van der Waals surface area contributed by atoms with Gasteiger partial charge in [0.05, 0.1) is 5.41 Å². The topological polar surface area (TPSA) is 26.3 Å². The van der Waals surface area contributed by atoms with Crippen molar-refractivity contribution >= 4 is 11.5 Å². The first-order valence-electron chi connectivity index (χ1n) is 6.19. The maximum absolute atomic E-state index is 12.3. The number of benzene rings is 1. The minimum Gasteiger partial charge on any atom is -0.460 e. The van der Waals surface area contributed by atoms with Gasteiger partial charge in [0.25, 0.3) is 0 Å². The van der Waals surface area contributed by atoms with E-state index in [2.05, 4.69) is 6.08 Å². The first-order chi connectivity index (χ1) is 8.80. The van der Waals surface area contributed by atoms with Crippen LogP contribution in [0.4, 0.5) is 0 Å². The molecule has 1 spiro atoms. The van der Waals surface area contributed by atoms with Gasteiger partial charge in [-0.2, -0.15) is 0 Å². The number of allylic oxidation sites excluding steroid dienone is 5. The van der Waals surface area contributed by atoms with Crippen LogP contribution in [0.3, 0.4) is 0 Å². The Kier molecular flexibility index (Phi) is 1.77. The molecule has 2 atom stereocenters. The van der Waals surface area contributed by atoms with Crippen molar-refractivity contribution in [2.45, 2.75) is 6.42 Å². The van der Waals surface area contributed by atoms with Crippen LogP contribution in [-0.2, 0) is 9.53 Å². The Hall–Kier alpha value is -2.09. The van der Waals surface area contributed by atoms with Crippen molar-refractivity contribution in [2.75, 3.05) is 0 Å². The lowest BCUT2D eigenvalue weighted by molar-refractivity contribution is -0.120. The van der Waals surface area contributed by atoms with Crippen molar-refractivity contribution in [1.29, 1.82) is 0 Å². The lowest BCUT2D eigenvalue weighted by atomic mass is 9.89. The molecule has 2 unspecified atom stereocenters. The predicted molar refractivity (Wildman–Crippen MR) is 68.3 cm³/mol. The fourth-order valence-electron chi connectivity index (χ4n) is 2.90. The molecule has 0 amide bonds. The van der Waals surface area contributed by atoms with E-state index in [9.17, 15) is 4.79 Å². The monoisotopic (exact) mass is 236 g/mol. The molecule has 1 heterocycles. The molecule has 88 valence electrons. The highest BCUT2D eigenvalue weighted by molar-refractivity contribution is 6.06. The van der Waals surface area contributed by atoms with Gasteiger partial charge < -0.3 is 4.74 Å². The van der Waals surface area contributed by atoms with Crippen molar-refractivity contribution in [3.8, 4) is 0 Å². The van der Waals surface area contributed by atoms with E-state index in [4.69, 9.17) is 4.74 Å². The van der Waals surface area contributed by atoms with E-state index in [0.717, 1.165) is 17.7 Å². The van der Waals surface area contributed by atoms with E-state index in [1.165, 1.54) is 0 Å². The van der Waals surface area contributed by atoms with Crippen LogP contribution in [0.2, 0.25) is 0 Å². The molecule has 0 N–H and O–H groups in total. The van der Waals surface area contributed by atoms with Gasteiger partial charge in [-0.25, -0.2) is 0 Å². The average molecular weight is 236 g/mol. The normalized spacial score (nSPS) is 31.8. The van der Waals surface area contributed by atoms with Gasteiger partial charge in [0, 0.05) is 11.6 Å². The molecule has 0 aromatic heterocycles. The van der Waals surface area contributed by atoms with Crippen molar-refractivity contribution in [2.24, 2.45) is 11.3 Å². The lowest BCUT2D eigenvalue weighted by Crippen LogP contribution is -2.25. The summed E-state index contributed by atoms with van der Waals surface area (Å²) in [4.78, 5) is 12.3. The van der Waals surface area contributed by atoms with E-state index in [1.54, 1.807) is 6.08 Å². The molecule has 1 fully saturated rings. The Labute approximate surface area is 105 Å². The third kappa shape index (κ3) is 1.15. The van der Waals surface area contributed by atoms with Gasteiger partial charge in [-0.3, -0.25) is 4.79 Å². The molecule has 1 aliphatic heterocycles. The third-order valence-corrected chi connectivity index (χ3v) is 4.03. The fraction of sp³-hybridized carbons (Fsp3) is 0.188. The molecule has 2 heteroatoms. The van der Waals surface area contributed by atoms with Crippen LogP contribution < -0.4 is 0 Å². The van der Waals surface area contributed by atoms with Gasteiger partial charge in [0.2, 0.25) is 0 Å². The smallest absolute Gasteiger partial charge is 0.173 e. The molecule has 0 bridgehead atoms. The third-order valence-electron chi connectivity index (χ3n) is 4.03. The molecular formula is C16H12O2. The van der Waals surface area contributed by atoms with Gasteiger partial charge in [-0.1, -0.05) is 42.5 Å². The Morgan fingerprint density at radius 2 is 2.06 bits per heavy atom. The number of carbonyl (C=O) groups is 1. The summed E-state index contributed by atoms with van der Waals surface area (Å²) in [6.07, 6.45) is 8.58. The van der Waals surface area contributed by atoms with Crippen molar-refractivity contribution < 1.29 is 9.53 Å². The maximum atomic E-state index is 12.3. The average Bonchev–Trinajstić information content (AvgIpc) is 3.15. The number of carbonyl (C=O) groups excluding carboxylic acids is 1. The molecule has 18 heavy (non-hydrogen) atoms. The van der Waals surface area contributed by atoms with Crippen molar-refractivity contribution in [1.82, 2.24) is 0 Å². The van der Waals surface area contributed by atoms with E-state index < -0.39 is 0 Å². The first-order valence-corrected chi connectivity index (χ1v) is 6.19. The zero-order valence-corrected chi connectivity index (χ0v) is 9.80. The van der Waals surface area contributed by atoms with E-state index in [-0.39, 0.29) is 11.2 Å². The molecule has 0 radical (unpaired) electrons. The predicted octanol–water partition coefficient (Wildman–Crippen LogP) is 3.09. The van der Waals surface area contributed by atoms with Gasteiger partial charge in [0.1, 0.15) is 11.5 Å². The fourth-order valence-corrected chi connectivity index (χ4v) is 2.90. The molecule has 2 nitrogen and oxygen atoms in total. The van der Waals surface area contributed by atoms with Gasteiger partial charge >= 0.3 is 0 Å². The number of rotatable bonds is 1. The highest BCUT2D eigenvalue weighted by Crippen LogP contribution is 2.63. The van der Waals surface area contributed by atoms with Crippen LogP contribution >= 0.6 is 0 Å². The molecule has 0 saturated heterocycles. The van der Waals surface area contributed by atoms with Crippen LogP contribution in [0.1, 0.15) is 12.0 Å². The summed E-state index contributed by atoms with van der Waals surface area (Å²) in [7, 11) is 0. The summed E-state index contributed by atoms with van der Waals surface area (Å²) in [6, 6.07) is 9.77. The minimum atomic E-state index is -0.354. The molecule has 1 saturated carbocycles. The SMILES string of the molecule is O=C1C=C(c2ccccc2)OC2=CC=CC3CC123. The second kappa shape index (κ2) is 3.22. The van der Waals surface area contributed by atoms with Crippen LogP contribution in [0.5, 0.6) is 0 Å². The van der Waals surface area contributed by atoms with Crippen LogP contribution in [0.15, 0.2) is 60.4 Å². The molecular weight excluding hydrogens is 224 g/mol. The van der Waals surface area contributed by atoms with Gasteiger partial charge in [-0.15, -0.1) is 0 Å². The Balaban J connectivity index is 1.79. The summed E-state index contributed by atoms with van der Waals surface area (Å²) in [5.74, 6) is 2.02. The van der Waals surface area contributed by atoms with Crippen molar-refractivity contribution in [3.05, 3.63) is 66.0 Å². The summed E-state index contributed by atoms with van der Waals surface area (Å²) in [6.45, 7) is 0. The molecule has 3 aliphatic rings. The highest BCUT2D eigenvalue weighted by atomic mass is 16.5. The summed E-state index contributed by atoms with van der Waals surface area (Å²) < 4.78 is 5.94. The number of ether oxygens (including phenoxy) is 1. The number of ketones is 1. The second-order valence-corrected chi connectivity index (χ2v) is 5.04. The quantitative estimate of drug-likeness (QED) is 0.749. The largest absolute Gasteiger partial charge is 0.460 e. The maximum Gasteiger partial charge on any atom is 0.173 e. The number of hydrogen-bond donors (Lipinski definition) is 0. The zero-order chi connectivity index (χ0) is 12.2. The summed E-state index contributed by atoms with van der Waals surface area (Å²) >= 11 is 0. The first kappa shape index (κ1) is 9.89. The lowest BCUT2D eigenvalue weighted by Gasteiger charge is -2.26. The van der Waals surface area contributed by atoms with E-state index >= 15 is 0 Å². The van der Waals surface area contributed by atoms with Crippen LogP contribution in [0, 0.1) is 11.3 Å². The zero-order valence-electron chi connectivity index (χ0n) is 9.80. The Morgan fingerprint density at radius 1 is 1.22 bits per heavy atom. The molecule has 1 aromatic rings. The summed E-state index contributed by atoms with van der Waals surface area (Å²) in [5.41, 5.74) is 0.598.